The highest BCUT2D eigenvalue weighted by Crippen LogP contribution is 2.32. The Balaban J connectivity index is 2.26. The third-order valence-corrected chi connectivity index (χ3v) is 3.75. The molecule has 0 aliphatic carbocycles. The monoisotopic (exact) mass is 321 g/mol. The fourth-order valence-electron chi connectivity index (χ4n) is 2.69. The Morgan fingerprint density at radius 3 is 2.83 bits per heavy atom. The van der Waals surface area contributed by atoms with E-state index in [0.717, 1.165) is 25.9 Å². The van der Waals surface area contributed by atoms with Gasteiger partial charge >= 0.3 is 5.97 Å². The van der Waals surface area contributed by atoms with Crippen molar-refractivity contribution in [3.63, 3.8) is 0 Å². The molecule has 2 N–H and O–H groups in total. The number of carbonyl (C=O) groups is 2. The van der Waals surface area contributed by atoms with Crippen LogP contribution in [0.15, 0.2) is 18.2 Å². The molecule has 0 aromatic heterocycles. The third-order valence-electron chi connectivity index (χ3n) is 3.75. The molecule has 1 amide bonds. The number of ether oxygens (including phenoxy) is 1. The van der Waals surface area contributed by atoms with Crippen molar-refractivity contribution in [3.8, 4) is 0 Å². The fourth-order valence-corrected chi connectivity index (χ4v) is 2.69. The number of benzene rings is 1. The molecule has 1 aliphatic rings. The quantitative estimate of drug-likeness (QED) is 0.499. The first-order chi connectivity index (χ1) is 10.9. The van der Waals surface area contributed by atoms with Gasteiger partial charge in [-0.1, -0.05) is 6.92 Å². The second kappa shape index (κ2) is 7.08. The van der Waals surface area contributed by atoms with Crippen LogP contribution >= 0.6 is 0 Å². The molecule has 1 atom stereocenters. The van der Waals surface area contributed by atoms with Crippen LogP contribution < -0.4 is 10.6 Å². The normalized spacial score (nSPS) is 17.6. The SMILES string of the molecule is C[C@H]1CCCN(c2ccc(C(=O)OCC(N)=O)cc2[N+](=O)[O-])C1. The van der Waals surface area contributed by atoms with Crippen LogP contribution in [0, 0.1) is 16.0 Å². The number of esters is 1. The van der Waals surface area contributed by atoms with E-state index in [4.69, 9.17) is 5.73 Å². The van der Waals surface area contributed by atoms with Gasteiger partial charge in [-0.2, -0.15) is 0 Å². The van der Waals surface area contributed by atoms with E-state index >= 15 is 0 Å². The highest BCUT2D eigenvalue weighted by atomic mass is 16.6. The molecule has 0 spiro atoms. The van der Waals surface area contributed by atoms with Gasteiger partial charge in [0.15, 0.2) is 6.61 Å². The maximum absolute atomic E-state index is 11.8. The third kappa shape index (κ3) is 4.18. The summed E-state index contributed by atoms with van der Waals surface area (Å²) in [6.07, 6.45) is 2.07. The minimum absolute atomic E-state index is 0.0201. The summed E-state index contributed by atoms with van der Waals surface area (Å²) in [6.45, 7) is 3.04. The number of amides is 1. The molecule has 2 rings (SSSR count). The van der Waals surface area contributed by atoms with E-state index in [1.807, 2.05) is 4.90 Å². The van der Waals surface area contributed by atoms with Crippen LogP contribution in [-0.4, -0.2) is 36.5 Å². The molecule has 0 saturated carbocycles. The first kappa shape index (κ1) is 16.7. The van der Waals surface area contributed by atoms with Gasteiger partial charge in [-0.25, -0.2) is 4.79 Å². The van der Waals surface area contributed by atoms with Crippen molar-refractivity contribution in [1.82, 2.24) is 0 Å². The lowest BCUT2D eigenvalue weighted by molar-refractivity contribution is -0.384. The number of hydrogen-bond acceptors (Lipinski definition) is 6. The first-order valence-electron chi connectivity index (χ1n) is 7.37. The summed E-state index contributed by atoms with van der Waals surface area (Å²) in [5.74, 6) is -1.14. The molecule has 0 radical (unpaired) electrons. The number of hydrogen-bond donors (Lipinski definition) is 1. The molecule has 1 aliphatic heterocycles. The van der Waals surface area contributed by atoms with E-state index in [9.17, 15) is 19.7 Å². The Labute approximate surface area is 133 Å². The number of piperidine rings is 1. The van der Waals surface area contributed by atoms with Crippen LogP contribution in [0.5, 0.6) is 0 Å². The summed E-state index contributed by atoms with van der Waals surface area (Å²) in [4.78, 5) is 35.2. The van der Waals surface area contributed by atoms with E-state index in [1.165, 1.54) is 12.1 Å². The second-order valence-electron chi connectivity index (χ2n) is 5.70. The molecular formula is C15H19N3O5. The maximum Gasteiger partial charge on any atom is 0.338 e. The van der Waals surface area contributed by atoms with Gasteiger partial charge in [0.2, 0.25) is 0 Å². The Hall–Kier alpha value is -2.64. The zero-order valence-corrected chi connectivity index (χ0v) is 12.9. The van der Waals surface area contributed by atoms with E-state index < -0.39 is 23.4 Å². The van der Waals surface area contributed by atoms with Crippen LogP contribution in [0.1, 0.15) is 30.1 Å². The van der Waals surface area contributed by atoms with Crippen molar-refractivity contribution < 1.29 is 19.2 Å². The number of rotatable bonds is 5. The summed E-state index contributed by atoms with van der Waals surface area (Å²) in [6, 6.07) is 4.19. The minimum atomic E-state index is -0.814. The van der Waals surface area contributed by atoms with Crippen molar-refractivity contribution in [2.45, 2.75) is 19.8 Å². The molecule has 1 heterocycles. The Kier molecular flexibility index (Phi) is 5.15. The molecule has 124 valence electrons. The predicted octanol–water partition coefficient (Wildman–Crippen LogP) is 1.47. The number of nitrogens with two attached hydrogens (primary N) is 1. The number of carbonyl (C=O) groups excluding carboxylic acids is 2. The zero-order valence-electron chi connectivity index (χ0n) is 12.9. The second-order valence-corrected chi connectivity index (χ2v) is 5.70. The van der Waals surface area contributed by atoms with Gasteiger partial charge in [-0.15, -0.1) is 0 Å². The number of nitrogens with zero attached hydrogens (tertiary/aromatic N) is 2. The lowest BCUT2D eigenvalue weighted by atomic mass is 9.99. The smallest absolute Gasteiger partial charge is 0.338 e. The summed E-state index contributed by atoms with van der Waals surface area (Å²) in [7, 11) is 0. The zero-order chi connectivity index (χ0) is 17.0. The lowest BCUT2D eigenvalue weighted by Gasteiger charge is -2.32. The van der Waals surface area contributed by atoms with Crippen LogP contribution in [0.25, 0.3) is 0 Å². The molecular weight excluding hydrogens is 302 g/mol. The standard InChI is InChI=1S/C15H19N3O5/c1-10-3-2-6-17(8-10)12-5-4-11(7-13(12)18(21)22)15(20)23-9-14(16)19/h4-5,7,10H,2-3,6,8-9H2,1H3,(H2,16,19)/t10-/m0/s1. The molecule has 1 aromatic rings. The van der Waals surface area contributed by atoms with Crippen LogP contribution in [0.2, 0.25) is 0 Å². The Morgan fingerprint density at radius 2 is 2.22 bits per heavy atom. The van der Waals surface area contributed by atoms with E-state index in [0.29, 0.717) is 11.6 Å². The predicted molar refractivity (Wildman–Crippen MR) is 83.2 cm³/mol. The molecule has 1 saturated heterocycles. The minimum Gasteiger partial charge on any atom is -0.452 e. The van der Waals surface area contributed by atoms with Gasteiger partial charge in [-0.05, 0) is 30.9 Å². The largest absolute Gasteiger partial charge is 0.452 e. The maximum atomic E-state index is 11.8. The van der Waals surface area contributed by atoms with Crippen molar-refractivity contribution in [3.05, 3.63) is 33.9 Å². The number of anilines is 1. The van der Waals surface area contributed by atoms with Crippen LogP contribution in [-0.2, 0) is 9.53 Å². The lowest BCUT2D eigenvalue weighted by Crippen LogP contribution is -2.34. The van der Waals surface area contributed by atoms with E-state index in [1.54, 1.807) is 6.07 Å². The summed E-state index contributed by atoms with van der Waals surface area (Å²) in [5.41, 5.74) is 5.27. The molecule has 1 aromatic carbocycles. The first-order valence-corrected chi connectivity index (χ1v) is 7.37. The topological polar surface area (TPSA) is 116 Å². The average molecular weight is 321 g/mol. The summed E-state index contributed by atoms with van der Waals surface area (Å²) in [5, 5.41) is 11.3. The Morgan fingerprint density at radius 1 is 1.48 bits per heavy atom. The number of nitro benzene ring substituents is 1. The van der Waals surface area contributed by atoms with Crippen molar-refractivity contribution >= 4 is 23.3 Å². The van der Waals surface area contributed by atoms with E-state index in [2.05, 4.69) is 11.7 Å². The van der Waals surface area contributed by atoms with Gasteiger partial charge in [0, 0.05) is 19.2 Å². The molecule has 1 fully saturated rings. The number of primary amides is 1. The molecule has 8 heteroatoms. The molecule has 23 heavy (non-hydrogen) atoms. The van der Waals surface area contributed by atoms with Crippen molar-refractivity contribution in [1.29, 1.82) is 0 Å². The van der Waals surface area contributed by atoms with Crippen LogP contribution in [0.3, 0.4) is 0 Å². The number of nitro groups is 1. The van der Waals surface area contributed by atoms with Gasteiger partial charge < -0.3 is 15.4 Å². The van der Waals surface area contributed by atoms with E-state index in [-0.39, 0.29) is 11.3 Å². The highest BCUT2D eigenvalue weighted by Gasteiger charge is 2.25. The van der Waals surface area contributed by atoms with Crippen LogP contribution in [0.4, 0.5) is 11.4 Å². The van der Waals surface area contributed by atoms with Gasteiger partial charge in [0.25, 0.3) is 11.6 Å². The molecule has 0 bridgehead atoms. The van der Waals surface area contributed by atoms with Crippen molar-refractivity contribution in [2.24, 2.45) is 11.7 Å². The highest BCUT2D eigenvalue weighted by molar-refractivity contribution is 5.92. The molecule has 8 nitrogen and oxygen atoms in total. The molecule has 0 unspecified atom stereocenters. The average Bonchev–Trinajstić information content (AvgIpc) is 2.51. The summed E-state index contributed by atoms with van der Waals surface area (Å²) < 4.78 is 4.68. The summed E-state index contributed by atoms with van der Waals surface area (Å²) >= 11 is 0. The van der Waals surface area contributed by atoms with Gasteiger partial charge in [-0.3, -0.25) is 14.9 Å². The van der Waals surface area contributed by atoms with Gasteiger partial charge in [0.1, 0.15) is 5.69 Å². The Bertz CT molecular complexity index is 632. The van der Waals surface area contributed by atoms with Gasteiger partial charge in [0.05, 0.1) is 10.5 Å². The van der Waals surface area contributed by atoms with Crippen molar-refractivity contribution in [2.75, 3.05) is 24.6 Å². The fraction of sp³-hybridized carbons (Fsp3) is 0.467.